The van der Waals surface area contributed by atoms with Gasteiger partial charge in [0.1, 0.15) is 0 Å². The molecule has 0 spiro atoms. The van der Waals surface area contributed by atoms with Crippen LogP contribution in [0.15, 0.2) is 91.0 Å². The van der Waals surface area contributed by atoms with Crippen LogP contribution in [0, 0.1) is 0 Å². The molecule has 3 N–H and O–H groups in total. The van der Waals surface area contributed by atoms with Gasteiger partial charge in [-0.25, -0.2) is 0 Å². The average molecular weight is 388 g/mol. The van der Waals surface area contributed by atoms with Crippen molar-refractivity contribution in [2.24, 2.45) is 0 Å². The topological polar surface area (TPSA) is 78.4 Å². The van der Waals surface area contributed by atoms with E-state index < -0.39 is 12.1 Å². The molecule has 5 nitrogen and oxygen atoms in total. The van der Waals surface area contributed by atoms with Crippen molar-refractivity contribution >= 4 is 11.8 Å². The van der Waals surface area contributed by atoms with Gasteiger partial charge >= 0.3 is 0 Å². The molecule has 2 unspecified atom stereocenters. The molecule has 3 aromatic carbocycles. The van der Waals surface area contributed by atoms with Gasteiger partial charge in [0.2, 0.25) is 0 Å². The van der Waals surface area contributed by atoms with Gasteiger partial charge in [0.25, 0.3) is 11.8 Å². The minimum atomic E-state index is -0.949. The van der Waals surface area contributed by atoms with E-state index in [-0.39, 0.29) is 18.4 Å². The zero-order valence-electron chi connectivity index (χ0n) is 16.0. The van der Waals surface area contributed by atoms with Crippen LogP contribution in [-0.4, -0.2) is 35.6 Å². The molecule has 0 bridgehead atoms. The van der Waals surface area contributed by atoms with Crippen molar-refractivity contribution in [2.45, 2.75) is 18.6 Å². The standard InChI is InChI=1S/C24H24N2O3/c27-22(17-25-23(28)19-12-6-2-7-13-19)21(16-18-10-4-1-5-11-18)26-24(29)20-14-8-3-9-15-20/h1-15,21-22,27H,16-17H2,(H,25,28)(H,26,29). The van der Waals surface area contributed by atoms with Gasteiger partial charge in [0.05, 0.1) is 12.1 Å². The third kappa shape index (κ3) is 6.02. The second kappa shape index (κ2) is 10.2. The Hall–Kier alpha value is -3.44. The van der Waals surface area contributed by atoms with E-state index in [2.05, 4.69) is 10.6 Å². The molecule has 2 amide bonds. The van der Waals surface area contributed by atoms with E-state index in [1.807, 2.05) is 42.5 Å². The maximum Gasteiger partial charge on any atom is 0.251 e. The first kappa shape index (κ1) is 20.3. The lowest BCUT2D eigenvalue weighted by molar-refractivity contribution is 0.0797. The summed E-state index contributed by atoms with van der Waals surface area (Å²) in [4.78, 5) is 24.9. The van der Waals surface area contributed by atoms with Crippen molar-refractivity contribution in [3.05, 3.63) is 108 Å². The first-order valence-electron chi connectivity index (χ1n) is 9.54. The van der Waals surface area contributed by atoms with Crippen LogP contribution in [0.25, 0.3) is 0 Å². The molecular weight excluding hydrogens is 364 g/mol. The van der Waals surface area contributed by atoms with Gasteiger partial charge in [-0.2, -0.15) is 0 Å². The molecule has 148 valence electrons. The Balaban J connectivity index is 1.67. The van der Waals surface area contributed by atoms with E-state index in [9.17, 15) is 14.7 Å². The number of carbonyl (C=O) groups excluding carboxylic acids is 2. The van der Waals surface area contributed by atoms with Crippen molar-refractivity contribution < 1.29 is 14.7 Å². The van der Waals surface area contributed by atoms with E-state index in [1.165, 1.54) is 0 Å². The maximum absolute atomic E-state index is 12.6. The monoisotopic (exact) mass is 388 g/mol. The van der Waals surface area contributed by atoms with Crippen LogP contribution in [0.2, 0.25) is 0 Å². The quantitative estimate of drug-likeness (QED) is 0.555. The zero-order valence-corrected chi connectivity index (χ0v) is 16.0. The summed E-state index contributed by atoms with van der Waals surface area (Å²) < 4.78 is 0. The van der Waals surface area contributed by atoms with Gasteiger partial charge in [-0.05, 0) is 36.2 Å². The van der Waals surface area contributed by atoms with E-state index >= 15 is 0 Å². The summed E-state index contributed by atoms with van der Waals surface area (Å²) in [5.41, 5.74) is 2.03. The smallest absolute Gasteiger partial charge is 0.251 e. The summed E-state index contributed by atoms with van der Waals surface area (Å²) >= 11 is 0. The molecule has 3 rings (SSSR count). The summed E-state index contributed by atoms with van der Waals surface area (Å²) in [6, 6.07) is 26.7. The average Bonchev–Trinajstić information content (AvgIpc) is 2.78. The van der Waals surface area contributed by atoms with Crippen LogP contribution in [0.4, 0.5) is 0 Å². The lowest BCUT2D eigenvalue weighted by Gasteiger charge is -2.25. The number of amides is 2. The predicted octanol–water partition coefficient (Wildman–Crippen LogP) is 2.82. The highest BCUT2D eigenvalue weighted by atomic mass is 16.3. The number of hydrogen-bond donors (Lipinski definition) is 3. The van der Waals surface area contributed by atoms with E-state index in [4.69, 9.17) is 0 Å². The number of aliphatic hydroxyl groups is 1. The number of benzene rings is 3. The largest absolute Gasteiger partial charge is 0.389 e. The lowest BCUT2D eigenvalue weighted by Crippen LogP contribution is -2.49. The Morgan fingerprint density at radius 3 is 1.76 bits per heavy atom. The van der Waals surface area contributed by atoms with Gasteiger partial charge in [-0.3, -0.25) is 9.59 Å². The minimum Gasteiger partial charge on any atom is -0.389 e. The van der Waals surface area contributed by atoms with Gasteiger partial charge in [-0.15, -0.1) is 0 Å². The molecule has 0 aliphatic carbocycles. The maximum atomic E-state index is 12.6. The van der Waals surface area contributed by atoms with Crippen molar-refractivity contribution in [3.8, 4) is 0 Å². The fraction of sp³-hybridized carbons (Fsp3) is 0.167. The molecule has 0 aliphatic rings. The molecule has 0 aromatic heterocycles. The van der Waals surface area contributed by atoms with Crippen molar-refractivity contribution in [3.63, 3.8) is 0 Å². The summed E-state index contributed by atoms with van der Waals surface area (Å²) in [6.07, 6.45) is -0.502. The molecule has 0 fully saturated rings. The lowest BCUT2D eigenvalue weighted by atomic mass is 10.0. The van der Waals surface area contributed by atoms with Crippen LogP contribution in [0.5, 0.6) is 0 Å². The fourth-order valence-corrected chi connectivity index (χ4v) is 3.02. The van der Waals surface area contributed by atoms with Crippen molar-refractivity contribution in [1.82, 2.24) is 10.6 Å². The Kier molecular flexibility index (Phi) is 7.14. The summed E-state index contributed by atoms with van der Waals surface area (Å²) in [6.45, 7) is 0.0281. The normalized spacial score (nSPS) is 12.6. The number of aliphatic hydroxyl groups excluding tert-OH is 1. The Morgan fingerprint density at radius 1 is 0.724 bits per heavy atom. The minimum absolute atomic E-state index is 0.0281. The molecule has 0 radical (unpaired) electrons. The summed E-state index contributed by atoms with van der Waals surface area (Å²) in [7, 11) is 0. The van der Waals surface area contributed by atoms with Gasteiger partial charge in [0, 0.05) is 17.7 Å². The summed E-state index contributed by atoms with van der Waals surface area (Å²) in [5.74, 6) is -0.530. The molecule has 0 aliphatic heterocycles. The molecule has 5 heteroatoms. The Labute approximate surface area is 170 Å². The third-order valence-electron chi connectivity index (χ3n) is 4.62. The highest BCUT2D eigenvalue weighted by molar-refractivity contribution is 5.95. The highest BCUT2D eigenvalue weighted by Gasteiger charge is 2.23. The first-order valence-corrected chi connectivity index (χ1v) is 9.54. The second-order valence-electron chi connectivity index (χ2n) is 6.78. The number of hydrogen-bond acceptors (Lipinski definition) is 3. The Bertz CT molecular complexity index is 915. The molecule has 0 saturated carbocycles. The highest BCUT2D eigenvalue weighted by Crippen LogP contribution is 2.09. The molecule has 2 atom stereocenters. The SMILES string of the molecule is O=C(NCC(O)C(Cc1ccccc1)NC(=O)c1ccccc1)c1ccccc1. The first-order chi connectivity index (χ1) is 14.1. The fourth-order valence-electron chi connectivity index (χ4n) is 3.02. The molecule has 0 heterocycles. The molecular formula is C24H24N2O3. The zero-order chi connectivity index (χ0) is 20.5. The predicted molar refractivity (Wildman–Crippen MR) is 113 cm³/mol. The Morgan fingerprint density at radius 2 is 1.21 bits per heavy atom. The van der Waals surface area contributed by atoms with Crippen molar-refractivity contribution in [2.75, 3.05) is 6.54 Å². The number of rotatable bonds is 8. The molecule has 0 saturated heterocycles. The molecule has 3 aromatic rings. The molecule has 29 heavy (non-hydrogen) atoms. The van der Waals surface area contributed by atoms with Crippen LogP contribution in [0.1, 0.15) is 26.3 Å². The van der Waals surface area contributed by atoms with E-state index in [0.29, 0.717) is 17.5 Å². The number of carbonyl (C=O) groups is 2. The van der Waals surface area contributed by atoms with Crippen molar-refractivity contribution in [1.29, 1.82) is 0 Å². The second-order valence-corrected chi connectivity index (χ2v) is 6.78. The summed E-state index contributed by atoms with van der Waals surface area (Å²) in [5, 5.41) is 16.4. The van der Waals surface area contributed by atoms with Crippen LogP contribution >= 0.6 is 0 Å². The van der Waals surface area contributed by atoms with Gasteiger partial charge < -0.3 is 15.7 Å². The van der Waals surface area contributed by atoms with Crippen LogP contribution in [0.3, 0.4) is 0 Å². The third-order valence-corrected chi connectivity index (χ3v) is 4.62. The van der Waals surface area contributed by atoms with Crippen LogP contribution < -0.4 is 10.6 Å². The number of nitrogens with one attached hydrogen (secondary N) is 2. The van der Waals surface area contributed by atoms with Crippen LogP contribution in [-0.2, 0) is 6.42 Å². The van der Waals surface area contributed by atoms with E-state index in [0.717, 1.165) is 5.56 Å². The van der Waals surface area contributed by atoms with Gasteiger partial charge in [-0.1, -0.05) is 66.7 Å². The van der Waals surface area contributed by atoms with E-state index in [1.54, 1.807) is 48.5 Å². The van der Waals surface area contributed by atoms with Gasteiger partial charge in [0.15, 0.2) is 0 Å².